The van der Waals surface area contributed by atoms with Crippen molar-refractivity contribution < 1.29 is 4.39 Å². The van der Waals surface area contributed by atoms with Gasteiger partial charge in [0.15, 0.2) is 5.11 Å². The molecule has 5 heteroatoms. The van der Waals surface area contributed by atoms with Crippen molar-refractivity contribution in [2.24, 2.45) is 11.0 Å². The predicted molar refractivity (Wildman–Crippen MR) is 71.6 cm³/mol. The molecule has 2 N–H and O–H groups in total. The van der Waals surface area contributed by atoms with Gasteiger partial charge in [-0.25, -0.2) is 4.39 Å². The predicted octanol–water partition coefficient (Wildman–Crippen LogP) is 2.90. The van der Waals surface area contributed by atoms with E-state index in [0.717, 1.165) is 11.4 Å². The van der Waals surface area contributed by atoms with Gasteiger partial charge in [0.05, 0.1) is 0 Å². The van der Waals surface area contributed by atoms with E-state index in [2.05, 4.69) is 15.8 Å². The fourth-order valence-electron chi connectivity index (χ4n) is 1.42. The Hall–Kier alpha value is -1.49. The molecule has 1 aliphatic carbocycles. The Balaban J connectivity index is 1.84. The van der Waals surface area contributed by atoms with Gasteiger partial charge in [-0.3, -0.25) is 5.43 Å². The van der Waals surface area contributed by atoms with Crippen LogP contribution in [0.2, 0.25) is 0 Å². The van der Waals surface area contributed by atoms with Gasteiger partial charge in [0.2, 0.25) is 0 Å². The Morgan fingerprint density at radius 3 is 2.59 bits per heavy atom. The average Bonchev–Trinajstić information content (AvgIpc) is 3.13. The molecule has 3 nitrogen and oxygen atoms in total. The molecule has 0 unspecified atom stereocenters. The van der Waals surface area contributed by atoms with E-state index in [-0.39, 0.29) is 5.82 Å². The molecule has 0 saturated heterocycles. The third-order valence-electron chi connectivity index (χ3n) is 2.60. The van der Waals surface area contributed by atoms with E-state index in [1.807, 2.05) is 6.92 Å². The first-order valence-corrected chi connectivity index (χ1v) is 5.93. The number of halogens is 1. The van der Waals surface area contributed by atoms with Gasteiger partial charge in [-0.15, -0.1) is 0 Å². The third-order valence-corrected chi connectivity index (χ3v) is 2.80. The molecule has 0 amide bonds. The first kappa shape index (κ1) is 12.0. The zero-order valence-electron chi connectivity index (χ0n) is 9.53. The summed E-state index contributed by atoms with van der Waals surface area (Å²) in [5, 5.41) is 7.53. The molecule has 1 aliphatic rings. The van der Waals surface area contributed by atoms with Gasteiger partial charge < -0.3 is 5.32 Å². The second-order valence-electron chi connectivity index (χ2n) is 4.10. The molecule has 0 aliphatic heterocycles. The van der Waals surface area contributed by atoms with Crippen molar-refractivity contribution in [3.8, 4) is 0 Å². The summed E-state index contributed by atoms with van der Waals surface area (Å²) in [7, 11) is 0. The van der Waals surface area contributed by atoms with Gasteiger partial charge in [-0.1, -0.05) is 0 Å². The van der Waals surface area contributed by atoms with Crippen LogP contribution >= 0.6 is 12.2 Å². The van der Waals surface area contributed by atoms with Gasteiger partial charge in [0, 0.05) is 11.4 Å². The fourth-order valence-corrected chi connectivity index (χ4v) is 1.59. The fraction of sp³-hybridized carbons (Fsp3) is 0.333. The molecule has 0 aromatic heterocycles. The minimum absolute atomic E-state index is 0.267. The molecule has 1 fully saturated rings. The molecule has 0 bridgehead atoms. The van der Waals surface area contributed by atoms with Crippen LogP contribution in [0.15, 0.2) is 29.4 Å². The van der Waals surface area contributed by atoms with E-state index in [0.29, 0.717) is 11.0 Å². The van der Waals surface area contributed by atoms with Gasteiger partial charge in [0.1, 0.15) is 5.82 Å². The standard InChI is InChI=1S/C12H14FN3S/c1-8(9-2-3-9)15-16-12(17)14-11-6-4-10(13)5-7-11/h4-7,9H,2-3H2,1H3,(H2,14,16,17)/b15-8-. The highest BCUT2D eigenvalue weighted by Gasteiger charge is 2.24. The molecule has 0 spiro atoms. The largest absolute Gasteiger partial charge is 0.331 e. The second kappa shape index (κ2) is 5.23. The molecule has 1 saturated carbocycles. The van der Waals surface area contributed by atoms with Gasteiger partial charge in [0.25, 0.3) is 0 Å². The number of hydrogen-bond acceptors (Lipinski definition) is 2. The molecular weight excluding hydrogens is 237 g/mol. The summed E-state index contributed by atoms with van der Waals surface area (Å²) in [4.78, 5) is 0. The lowest BCUT2D eigenvalue weighted by Crippen LogP contribution is -2.25. The number of rotatable bonds is 3. The van der Waals surface area contributed by atoms with Crippen LogP contribution in [0.4, 0.5) is 10.1 Å². The zero-order chi connectivity index (χ0) is 12.3. The molecule has 0 radical (unpaired) electrons. The zero-order valence-corrected chi connectivity index (χ0v) is 10.4. The van der Waals surface area contributed by atoms with Gasteiger partial charge >= 0.3 is 0 Å². The molecular formula is C12H14FN3S. The van der Waals surface area contributed by atoms with E-state index in [4.69, 9.17) is 12.2 Å². The van der Waals surface area contributed by atoms with Crippen LogP contribution in [0.3, 0.4) is 0 Å². The second-order valence-corrected chi connectivity index (χ2v) is 4.51. The van der Waals surface area contributed by atoms with Crippen LogP contribution in [0.5, 0.6) is 0 Å². The lowest BCUT2D eigenvalue weighted by atomic mass is 10.3. The normalized spacial score (nSPS) is 15.5. The Kier molecular flexibility index (Phi) is 3.68. The number of hydrazone groups is 1. The lowest BCUT2D eigenvalue weighted by Gasteiger charge is -2.07. The third kappa shape index (κ3) is 3.78. The number of anilines is 1. The maximum atomic E-state index is 12.7. The topological polar surface area (TPSA) is 36.4 Å². The Morgan fingerprint density at radius 1 is 1.35 bits per heavy atom. The van der Waals surface area contributed by atoms with E-state index in [9.17, 15) is 4.39 Å². The SMILES string of the molecule is C/C(=N/NC(=S)Nc1ccc(F)cc1)C1CC1. The summed E-state index contributed by atoms with van der Waals surface area (Å²) in [5.74, 6) is 0.355. The van der Waals surface area contributed by atoms with Crippen LogP contribution in [0, 0.1) is 11.7 Å². The van der Waals surface area contributed by atoms with E-state index >= 15 is 0 Å². The van der Waals surface area contributed by atoms with Crippen molar-refractivity contribution in [3.63, 3.8) is 0 Å². The van der Waals surface area contributed by atoms with Gasteiger partial charge in [-0.05, 0) is 62.2 Å². The van der Waals surface area contributed by atoms with Crippen LogP contribution < -0.4 is 10.7 Å². The number of hydrogen-bond donors (Lipinski definition) is 2. The number of thiocarbonyl (C=S) groups is 1. The first-order chi connectivity index (χ1) is 8.15. The van der Waals surface area contributed by atoms with Crippen molar-refractivity contribution in [3.05, 3.63) is 30.1 Å². The number of nitrogens with zero attached hydrogens (tertiary/aromatic N) is 1. The molecule has 1 aromatic carbocycles. The van der Waals surface area contributed by atoms with Crippen LogP contribution in [-0.2, 0) is 0 Å². The average molecular weight is 251 g/mol. The summed E-state index contributed by atoms with van der Waals surface area (Å²) < 4.78 is 12.7. The van der Waals surface area contributed by atoms with Crippen molar-refractivity contribution in [1.82, 2.24) is 5.43 Å². The van der Waals surface area contributed by atoms with Crippen molar-refractivity contribution in [2.45, 2.75) is 19.8 Å². The summed E-state index contributed by atoms with van der Waals surface area (Å²) in [6.45, 7) is 1.99. The maximum absolute atomic E-state index is 12.7. The van der Waals surface area contributed by atoms with Gasteiger partial charge in [-0.2, -0.15) is 5.10 Å². The van der Waals surface area contributed by atoms with Crippen molar-refractivity contribution >= 4 is 28.7 Å². The van der Waals surface area contributed by atoms with Crippen molar-refractivity contribution in [1.29, 1.82) is 0 Å². The molecule has 2 rings (SSSR count). The molecule has 17 heavy (non-hydrogen) atoms. The minimum Gasteiger partial charge on any atom is -0.331 e. The quantitative estimate of drug-likeness (QED) is 0.492. The number of nitrogens with one attached hydrogen (secondary N) is 2. The van der Waals surface area contributed by atoms with Crippen LogP contribution in [0.1, 0.15) is 19.8 Å². The molecule has 0 atom stereocenters. The van der Waals surface area contributed by atoms with E-state index < -0.39 is 0 Å². The van der Waals surface area contributed by atoms with Crippen LogP contribution in [-0.4, -0.2) is 10.8 Å². The summed E-state index contributed by atoms with van der Waals surface area (Å²) in [6, 6.07) is 6.01. The molecule has 90 valence electrons. The molecule has 1 aromatic rings. The highest BCUT2D eigenvalue weighted by Crippen LogP contribution is 2.30. The Labute approximate surface area is 105 Å². The summed E-state index contributed by atoms with van der Waals surface area (Å²) in [6.07, 6.45) is 2.43. The summed E-state index contributed by atoms with van der Waals surface area (Å²) in [5.41, 5.74) is 4.60. The maximum Gasteiger partial charge on any atom is 0.191 e. The number of benzene rings is 1. The van der Waals surface area contributed by atoms with E-state index in [1.54, 1.807) is 12.1 Å². The highest BCUT2D eigenvalue weighted by molar-refractivity contribution is 7.80. The first-order valence-electron chi connectivity index (χ1n) is 5.52. The monoisotopic (exact) mass is 251 g/mol. The summed E-state index contributed by atoms with van der Waals surface area (Å²) >= 11 is 5.07. The van der Waals surface area contributed by atoms with Crippen LogP contribution in [0.25, 0.3) is 0 Å². The Bertz CT molecular complexity index is 438. The smallest absolute Gasteiger partial charge is 0.191 e. The van der Waals surface area contributed by atoms with E-state index in [1.165, 1.54) is 25.0 Å². The Morgan fingerprint density at radius 2 is 2.00 bits per heavy atom. The lowest BCUT2D eigenvalue weighted by molar-refractivity contribution is 0.628. The minimum atomic E-state index is -0.267. The molecule has 0 heterocycles. The highest BCUT2D eigenvalue weighted by atomic mass is 32.1. The van der Waals surface area contributed by atoms with Crippen molar-refractivity contribution in [2.75, 3.05) is 5.32 Å².